The van der Waals surface area contributed by atoms with Gasteiger partial charge in [-0.1, -0.05) is 12.1 Å². The van der Waals surface area contributed by atoms with Crippen LogP contribution in [0.3, 0.4) is 0 Å². The number of ether oxygens (including phenoxy) is 1. The van der Waals surface area contributed by atoms with Crippen molar-refractivity contribution in [2.75, 3.05) is 23.3 Å². The number of hydrogen-bond acceptors (Lipinski definition) is 7. The van der Waals surface area contributed by atoms with Gasteiger partial charge < -0.3 is 15.0 Å². The Morgan fingerprint density at radius 1 is 1.09 bits per heavy atom. The molecule has 0 spiro atoms. The monoisotopic (exact) mass is 472 g/mol. The van der Waals surface area contributed by atoms with Gasteiger partial charge in [0.15, 0.2) is 5.13 Å². The maximum Gasteiger partial charge on any atom is 0.238 e. The topological polar surface area (TPSA) is 97.5 Å². The van der Waals surface area contributed by atoms with Gasteiger partial charge in [-0.05, 0) is 63.4 Å². The van der Waals surface area contributed by atoms with Gasteiger partial charge in [0, 0.05) is 29.7 Å². The summed E-state index contributed by atoms with van der Waals surface area (Å²) in [5.74, 6) is 0.537. The second kappa shape index (κ2) is 9.48. The lowest BCUT2D eigenvalue weighted by atomic mass is 10.1. The van der Waals surface area contributed by atoms with Crippen LogP contribution in [0, 0.1) is 0 Å². The maximum absolute atomic E-state index is 11.8. The molecule has 1 aliphatic heterocycles. The zero-order valence-electron chi connectivity index (χ0n) is 18.2. The molecular formula is C23H28N4O3S2. The highest BCUT2D eigenvalue weighted by molar-refractivity contribution is 7.89. The van der Waals surface area contributed by atoms with Crippen molar-refractivity contribution in [2.45, 2.75) is 44.1 Å². The molecule has 0 radical (unpaired) electrons. The van der Waals surface area contributed by atoms with E-state index in [2.05, 4.69) is 39.5 Å². The summed E-state index contributed by atoms with van der Waals surface area (Å²) in [6, 6.07) is 13.0. The average Bonchev–Trinajstić information content (AvgIpc) is 3.23. The van der Waals surface area contributed by atoms with Crippen LogP contribution in [0.1, 0.15) is 33.1 Å². The van der Waals surface area contributed by atoms with Gasteiger partial charge in [-0.15, -0.1) is 11.3 Å². The van der Waals surface area contributed by atoms with Gasteiger partial charge in [0.2, 0.25) is 10.0 Å². The van der Waals surface area contributed by atoms with E-state index in [1.165, 1.54) is 48.4 Å². The SMILES string of the molecule is CC(C)Oc1ccc(S(N)(=O)=O)cc1Nc1nc(-c2ccc(N3CCCCC3)cc2)cs1. The van der Waals surface area contributed by atoms with E-state index in [9.17, 15) is 8.42 Å². The van der Waals surface area contributed by atoms with Crippen LogP contribution in [0.15, 0.2) is 52.7 Å². The molecule has 3 aromatic rings. The summed E-state index contributed by atoms with van der Waals surface area (Å²) >= 11 is 1.44. The molecule has 0 bridgehead atoms. The van der Waals surface area contributed by atoms with E-state index in [-0.39, 0.29) is 11.0 Å². The molecule has 7 nitrogen and oxygen atoms in total. The van der Waals surface area contributed by atoms with Gasteiger partial charge in [0.25, 0.3) is 0 Å². The summed E-state index contributed by atoms with van der Waals surface area (Å²) in [6.07, 6.45) is 3.74. The summed E-state index contributed by atoms with van der Waals surface area (Å²) in [7, 11) is -3.83. The second-order valence-electron chi connectivity index (χ2n) is 8.13. The Hall–Kier alpha value is -2.62. The molecule has 170 valence electrons. The largest absolute Gasteiger partial charge is 0.489 e. The van der Waals surface area contributed by atoms with E-state index in [0.717, 1.165) is 24.3 Å². The molecule has 0 aliphatic carbocycles. The molecule has 0 atom stereocenters. The fourth-order valence-corrected chi connectivity index (χ4v) is 4.99. The highest BCUT2D eigenvalue weighted by Gasteiger charge is 2.16. The highest BCUT2D eigenvalue weighted by Crippen LogP contribution is 2.34. The molecule has 2 aromatic carbocycles. The Morgan fingerprint density at radius 2 is 1.81 bits per heavy atom. The summed E-state index contributed by atoms with van der Waals surface area (Å²) in [5, 5.41) is 11.1. The fraction of sp³-hybridized carbons (Fsp3) is 0.348. The van der Waals surface area contributed by atoms with E-state index in [0.29, 0.717) is 16.6 Å². The molecule has 0 saturated carbocycles. The molecule has 1 saturated heterocycles. The Bertz CT molecular complexity index is 1170. The van der Waals surface area contributed by atoms with Crippen LogP contribution < -0.4 is 20.1 Å². The number of nitrogens with one attached hydrogen (secondary N) is 1. The summed E-state index contributed by atoms with van der Waals surface area (Å²) in [6.45, 7) is 6.05. The van der Waals surface area contributed by atoms with Crippen molar-refractivity contribution in [3.05, 3.63) is 47.8 Å². The van der Waals surface area contributed by atoms with Crippen molar-refractivity contribution < 1.29 is 13.2 Å². The molecule has 2 heterocycles. The third kappa shape index (κ3) is 5.40. The number of piperidine rings is 1. The minimum Gasteiger partial charge on any atom is -0.489 e. The minimum atomic E-state index is -3.83. The number of aromatic nitrogens is 1. The Morgan fingerprint density at radius 3 is 2.47 bits per heavy atom. The zero-order chi connectivity index (χ0) is 22.7. The van der Waals surface area contributed by atoms with E-state index in [1.807, 2.05) is 19.2 Å². The number of sulfonamides is 1. The number of benzene rings is 2. The molecule has 1 aliphatic rings. The van der Waals surface area contributed by atoms with Crippen molar-refractivity contribution in [1.29, 1.82) is 0 Å². The second-order valence-corrected chi connectivity index (χ2v) is 10.5. The van der Waals surface area contributed by atoms with E-state index >= 15 is 0 Å². The van der Waals surface area contributed by atoms with Crippen molar-refractivity contribution in [2.24, 2.45) is 5.14 Å². The molecule has 3 N–H and O–H groups in total. The molecule has 0 unspecified atom stereocenters. The van der Waals surface area contributed by atoms with Gasteiger partial charge in [0.1, 0.15) is 5.75 Å². The zero-order valence-corrected chi connectivity index (χ0v) is 19.9. The van der Waals surface area contributed by atoms with Gasteiger partial charge >= 0.3 is 0 Å². The van der Waals surface area contributed by atoms with Crippen molar-refractivity contribution >= 4 is 37.9 Å². The van der Waals surface area contributed by atoms with E-state index in [1.54, 1.807) is 6.07 Å². The van der Waals surface area contributed by atoms with Crippen LogP contribution in [-0.2, 0) is 10.0 Å². The van der Waals surface area contributed by atoms with Crippen LogP contribution >= 0.6 is 11.3 Å². The fourth-order valence-electron chi connectivity index (χ4n) is 3.71. The third-order valence-electron chi connectivity index (χ3n) is 5.27. The lowest BCUT2D eigenvalue weighted by Gasteiger charge is -2.28. The standard InChI is InChI=1S/C23H28N4O3S2/c1-16(2)30-22-11-10-19(32(24,28)29)14-20(22)25-23-26-21(15-31-23)17-6-8-18(9-7-17)27-12-4-3-5-13-27/h6-11,14-16H,3-5,12-13H2,1-2H3,(H,25,26)(H2,24,28,29). The van der Waals surface area contributed by atoms with Gasteiger partial charge in [-0.3, -0.25) is 0 Å². The van der Waals surface area contributed by atoms with Gasteiger partial charge in [0.05, 0.1) is 22.4 Å². The number of hydrogen-bond donors (Lipinski definition) is 2. The molecule has 1 aromatic heterocycles. The number of anilines is 3. The number of nitrogens with two attached hydrogens (primary N) is 1. The predicted octanol–water partition coefficient (Wildman–Crippen LogP) is 4.98. The molecule has 32 heavy (non-hydrogen) atoms. The molecule has 0 amide bonds. The first-order valence-corrected chi connectivity index (χ1v) is 13.1. The smallest absolute Gasteiger partial charge is 0.238 e. The van der Waals surface area contributed by atoms with Crippen LogP contribution in [0.25, 0.3) is 11.3 Å². The summed E-state index contributed by atoms with van der Waals surface area (Å²) < 4.78 is 29.4. The number of rotatable bonds is 7. The number of thiazole rings is 1. The third-order valence-corrected chi connectivity index (χ3v) is 6.94. The first kappa shape index (κ1) is 22.6. The maximum atomic E-state index is 11.8. The predicted molar refractivity (Wildman–Crippen MR) is 130 cm³/mol. The van der Waals surface area contributed by atoms with Gasteiger partial charge in [-0.25, -0.2) is 18.5 Å². The Kier molecular flexibility index (Phi) is 6.68. The first-order valence-electron chi connectivity index (χ1n) is 10.7. The summed E-state index contributed by atoms with van der Waals surface area (Å²) in [4.78, 5) is 7.13. The van der Waals surface area contributed by atoms with Gasteiger partial charge in [-0.2, -0.15) is 0 Å². The highest BCUT2D eigenvalue weighted by atomic mass is 32.2. The Balaban J connectivity index is 1.55. The minimum absolute atomic E-state index is 0.0150. The van der Waals surface area contributed by atoms with Crippen molar-refractivity contribution in [3.63, 3.8) is 0 Å². The van der Waals surface area contributed by atoms with E-state index in [4.69, 9.17) is 9.88 Å². The number of nitrogens with zero attached hydrogens (tertiary/aromatic N) is 2. The quantitative estimate of drug-likeness (QED) is 0.503. The van der Waals surface area contributed by atoms with E-state index < -0.39 is 10.0 Å². The Labute approximate surface area is 193 Å². The molecule has 4 rings (SSSR count). The molecule has 9 heteroatoms. The first-order chi connectivity index (χ1) is 15.3. The molecular weight excluding hydrogens is 444 g/mol. The lowest BCUT2D eigenvalue weighted by Crippen LogP contribution is -2.29. The average molecular weight is 473 g/mol. The van der Waals surface area contributed by atoms with Crippen LogP contribution in [0.2, 0.25) is 0 Å². The van der Waals surface area contributed by atoms with Crippen LogP contribution in [-0.4, -0.2) is 32.6 Å². The van der Waals surface area contributed by atoms with Crippen LogP contribution in [0.4, 0.5) is 16.5 Å². The van der Waals surface area contributed by atoms with Crippen molar-refractivity contribution in [3.8, 4) is 17.0 Å². The summed E-state index contributed by atoms with van der Waals surface area (Å²) in [5.41, 5.74) is 3.65. The number of primary sulfonamides is 1. The molecule has 1 fully saturated rings. The normalized spacial score (nSPS) is 14.6. The lowest BCUT2D eigenvalue weighted by molar-refractivity contribution is 0.243. The van der Waals surface area contributed by atoms with Crippen molar-refractivity contribution in [1.82, 2.24) is 4.98 Å². The van der Waals surface area contributed by atoms with Crippen LogP contribution in [0.5, 0.6) is 5.75 Å².